The highest BCUT2D eigenvalue weighted by Gasteiger charge is 2.23. The highest BCUT2D eigenvalue weighted by atomic mass is 16.2. The zero-order valence-corrected chi connectivity index (χ0v) is 12.1. The van der Waals surface area contributed by atoms with Crippen LogP contribution in [0.4, 0.5) is 0 Å². The van der Waals surface area contributed by atoms with Gasteiger partial charge in [-0.3, -0.25) is 9.69 Å². The molecule has 1 aliphatic heterocycles. The van der Waals surface area contributed by atoms with Crippen molar-refractivity contribution in [3.63, 3.8) is 0 Å². The van der Waals surface area contributed by atoms with Crippen molar-refractivity contribution in [2.24, 2.45) is 5.73 Å². The molecule has 1 aliphatic rings. The highest BCUT2D eigenvalue weighted by Crippen LogP contribution is 2.13. The molecule has 1 saturated heterocycles. The van der Waals surface area contributed by atoms with Crippen LogP contribution in [0.25, 0.3) is 0 Å². The van der Waals surface area contributed by atoms with E-state index in [4.69, 9.17) is 5.73 Å². The normalized spacial score (nSPS) is 21.3. The summed E-state index contributed by atoms with van der Waals surface area (Å²) in [6.45, 7) is 4.00. The van der Waals surface area contributed by atoms with Gasteiger partial charge in [-0.05, 0) is 46.4 Å². The topological polar surface area (TPSA) is 52.8 Å². The number of carbonyl (C=O) groups is 1. The molecule has 1 heterocycles. The molecule has 0 saturated carbocycles. The lowest BCUT2D eigenvalue weighted by molar-refractivity contribution is -0.131. The molecule has 0 aromatic rings. The van der Waals surface area contributed by atoms with Crippen molar-refractivity contribution in [3.05, 3.63) is 0 Å². The molecule has 1 fully saturated rings. The Kier molecular flexibility index (Phi) is 6.60. The van der Waals surface area contributed by atoms with E-state index in [0.29, 0.717) is 19.1 Å². The molecule has 1 atom stereocenters. The van der Waals surface area contributed by atoms with E-state index in [1.165, 1.54) is 12.8 Å². The van der Waals surface area contributed by atoms with Crippen LogP contribution in [-0.4, -0.2) is 80.5 Å². The van der Waals surface area contributed by atoms with Gasteiger partial charge in [0.2, 0.25) is 5.91 Å². The lowest BCUT2D eigenvalue weighted by atomic mass is 10.1. The Morgan fingerprint density at radius 3 is 2.72 bits per heavy atom. The zero-order valence-electron chi connectivity index (χ0n) is 12.1. The third-order valence-electron chi connectivity index (χ3n) is 3.69. The van der Waals surface area contributed by atoms with Gasteiger partial charge in [0.05, 0.1) is 6.54 Å². The summed E-state index contributed by atoms with van der Waals surface area (Å²) in [6.07, 6.45) is 3.30. The van der Waals surface area contributed by atoms with Gasteiger partial charge >= 0.3 is 0 Å². The molecule has 18 heavy (non-hydrogen) atoms. The predicted octanol–water partition coefficient (Wildman–Crippen LogP) is -0.180. The monoisotopic (exact) mass is 256 g/mol. The number of carbonyl (C=O) groups excluding carboxylic acids is 1. The van der Waals surface area contributed by atoms with Gasteiger partial charge in [0, 0.05) is 26.2 Å². The number of rotatable bonds is 6. The van der Waals surface area contributed by atoms with Gasteiger partial charge in [-0.15, -0.1) is 0 Å². The molecule has 0 aliphatic carbocycles. The van der Waals surface area contributed by atoms with Crippen LogP contribution >= 0.6 is 0 Å². The summed E-state index contributed by atoms with van der Waals surface area (Å²) < 4.78 is 0. The third kappa shape index (κ3) is 4.92. The molecule has 0 aromatic carbocycles. The molecule has 2 N–H and O–H groups in total. The van der Waals surface area contributed by atoms with Gasteiger partial charge in [0.15, 0.2) is 0 Å². The van der Waals surface area contributed by atoms with Gasteiger partial charge in [-0.1, -0.05) is 0 Å². The number of amides is 1. The van der Waals surface area contributed by atoms with Gasteiger partial charge in [-0.25, -0.2) is 0 Å². The molecular weight excluding hydrogens is 228 g/mol. The number of hydrogen-bond acceptors (Lipinski definition) is 4. The van der Waals surface area contributed by atoms with Crippen molar-refractivity contribution in [2.45, 2.75) is 25.3 Å². The van der Waals surface area contributed by atoms with Crippen LogP contribution < -0.4 is 5.73 Å². The Morgan fingerprint density at radius 1 is 1.39 bits per heavy atom. The zero-order chi connectivity index (χ0) is 13.5. The van der Waals surface area contributed by atoms with Crippen LogP contribution in [0.15, 0.2) is 0 Å². The molecule has 5 nitrogen and oxygen atoms in total. The maximum absolute atomic E-state index is 12.0. The molecule has 0 bridgehead atoms. The fourth-order valence-electron chi connectivity index (χ4n) is 2.36. The molecule has 106 valence electrons. The number of nitrogens with two attached hydrogens (primary N) is 1. The summed E-state index contributed by atoms with van der Waals surface area (Å²) in [4.78, 5) is 18.4. The van der Waals surface area contributed by atoms with Crippen LogP contribution in [0, 0.1) is 0 Å². The summed E-state index contributed by atoms with van der Waals surface area (Å²) in [6, 6.07) is 0.584. The van der Waals surface area contributed by atoms with Crippen molar-refractivity contribution >= 4 is 5.91 Å². The van der Waals surface area contributed by atoms with E-state index in [1.54, 1.807) is 4.90 Å². The molecule has 0 spiro atoms. The minimum absolute atomic E-state index is 0.211. The second-order valence-electron chi connectivity index (χ2n) is 5.45. The summed E-state index contributed by atoms with van der Waals surface area (Å²) >= 11 is 0. The maximum atomic E-state index is 12.0. The first-order valence-electron chi connectivity index (χ1n) is 6.87. The van der Waals surface area contributed by atoms with Crippen LogP contribution in [-0.2, 0) is 4.79 Å². The SMILES string of the molecule is CN(CCCN)C(=O)CN1CCCC(N(C)C)C1. The van der Waals surface area contributed by atoms with Crippen LogP contribution in [0.1, 0.15) is 19.3 Å². The molecule has 5 heteroatoms. The Labute approximate surface area is 111 Å². The van der Waals surface area contributed by atoms with Crippen molar-refractivity contribution in [1.82, 2.24) is 14.7 Å². The largest absolute Gasteiger partial charge is 0.345 e. The van der Waals surface area contributed by atoms with Crippen molar-refractivity contribution in [2.75, 3.05) is 53.9 Å². The van der Waals surface area contributed by atoms with E-state index in [1.807, 2.05) is 7.05 Å². The molecule has 0 aromatic heterocycles. The van der Waals surface area contributed by atoms with Gasteiger partial charge < -0.3 is 15.5 Å². The lowest BCUT2D eigenvalue weighted by Gasteiger charge is -2.36. The van der Waals surface area contributed by atoms with Crippen LogP contribution in [0.2, 0.25) is 0 Å². The molecule has 1 amide bonds. The fraction of sp³-hybridized carbons (Fsp3) is 0.923. The summed E-state index contributed by atoms with van der Waals surface area (Å²) in [5.74, 6) is 0.211. The molecule has 1 unspecified atom stereocenters. The summed E-state index contributed by atoms with van der Waals surface area (Å²) in [7, 11) is 6.10. The summed E-state index contributed by atoms with van der Waals surface area (Å²) in [5.41, 5.74) is 5.46. The predicted molar refractivity (Wildman–Crippen MR) is 74.5 cm³/mol. The number of hydrogen-bond donors (Lipinski definition) is 1. The second kappa shape index (κ2) is 7.71. The average Bonchev–Trinajstić information content (AvgIpc) is 2.36. The summed E-state index contributed by atoms with van der Waals surface area (Å²) in [5, 5.41) is 0. The number of likely N-dealkylation sites (N-methyl/N-ethyl adjacent to an activating group) is 2. The quantitative estimate of drug-likeness (QED) is 0.716. The highest BCUT2D eigenvalue weighted by molar-refractivity contribution is 5.77. The number of likely N-dealkylation sites (tertiary alicyclic amines) is 1. The standard InChI is InChI=1S/C13H28N4O/c1-15(2)12-6-4-9-17(10-12)11-13(18)16(3)8-5-7-14/h12H,4-11,14H2,1-3H3. The fourth-order valence-corrected chi connectivity index (χ4v) is 2.36. The number of piperidine rings is 1. The van der Waals surface area contributed by atoms with E-state index < -0.39 is 0 Å². The number of nitrogens with zero attached hydrogens (tertiary/aromatic N) is 3. The van der Waals surface area contributed by atoms with Gasteiger partial charge in [-0.2, -0.15) is 0 Å². The minimum atomic E-state index is 0.211. The lowest BCUT2D eigenvalue weighted by Crippen LogP contribution is -2.48. The van der Waals surface area contributed by atoms with E-state index >= 15 is 0 Å². The Hall–Kier alpha value is -0.650. The Morgan fingerprint density at radius 2 is 2.11 bits per heavy atom. The van der Waals surface area contributed by atoms with E-state index in [-0.39, 0.29) is 5.91 Å². The van der Waals surface area contributed by atoms with E-state index in [0.717, 1.165) is 26.1 Å². The minimum Gasteiger partial charge on any atom is -0.345 e. The van der Waals surface area contributed by atoms with E-state index in [9.17, 15) is 4.79 Å². The van der Waals surface area contributed by atoms with E-state index in [2.05, 4.69) is 23.9 Å². The van der Waals surface area contributed by atoms with Crippen LogP contribution in [0.5, 0.6) is 0 Å². The first-order valence-corrected chi connectivity index (χ1v) is 6.87. The van der Waals surface area contributed by atoms with Gasteiger partial charge in [0.25, 0.3) is 0 Å². The molecular formula is C13H28N4O. The first kappa shape index (κ1) is 15.4. The van der Waals surface area contributed by atoms with Crippen LogP contribution in [0.3, 0.4) is 0 Å². The van der Waals surface area contributed by atoms with Gasteiger partial charge in [0.1, 0.15) is 0 Å². The van der Waals surface area contributed by atoms with Crippen molar-refractivity contribution in [3.8, 4) is 0 Å². The maximum Gasteiger partial charge on any atom is 0.236 e. The van der Waals surface area contributed by atoms with Crippen molar-refractivity contribution in [1.29, 1.82) is 0 Å². The second-order valence-corrected chi connectivity index (χ2v) is 5.45. The first-order chi connectivity index (χ1) is 8.54. The van der Waals surface area contributed by atoms with Crippen molar-refractivity contribution < 1.29 is 4.79 Å². The molecule has 1 rings (SSSR count). The smallest absolute Gasteiger partial charge is 0.236 e. The molecule has 0 radical (unpaired) electrons. The third-order valence-corrected chi connectivity index (χ3v) is 3.69. The average molecular weight is 256 g/mol. The Balaban J connectivity index is 2.34. The Bertz CT molecular complexity index is 257.